The topological polar surface area (TPSA) is 101 Å². The van der Waals surface area contributed by atoms with Gasteiger partial charge in [0.05, 0.1) is 18.9 Å². The van der Waals surface area contributed by atoms with Crippen LogP contribution in [0.1, 0.15) is 30.8 Å². The number of nitrogens with one attached hydrogen (secondary N) is 1. The highest BCUT2D eigenvalue weighted by Crippen LogP contribution is 2.24. The molecule has 2 atom stereocenters. The average molecular weight is 376 g/mol. The summed E-state index contributed by atoms with van der Waals surface area (Å²) in [6.07, 6.45) is 1.64. The minimum atomic E-state index is -1.49. The molecule has 0 aliphatic carbocycles. The lowest BCUT2D eigenvalue weighted by atomic mass is 9.90. The van der Waals surface area contributed by atoms with Crippen molar-refractivity contribution < 1.29 is 18.7 Å². The zero-order chi connectivity index (χ0) is 20.0. The van der Waals surface area contributed by atoms with Crippen LogP contribution in [0.3, 0.4) is 0 Å². The first kappa shape index (κ1) is 20.4. The Morgan fingerprint density at radius 2 is 2.33 bits per heavy atom. The Morgan fingerprint density at radius 3 is 2.93 bits per heavy atom. The van der Waals surface area contributed by atoms with Gasteiger partial charge in [0.15, 0.2) is 6.30 Å². The summed E-state index contributed by atoms with van der Waals surface area (Å²) in [6, 6.07) is 3.39. The van der Waals surface area contributed by atoms with Gasteiger partial charge in [0.2, 0.25) is 0 Å². The Labute approximate surface area is 157 Å². The van der Waals surface area contributed by atoms with E-state index in [2.05, 4.69) is 16.6 Å². The second kappa shape index (κ2) is 9.16. The number of alkyl halides is 1. The second-order valence-corrected chi connectivity index (χ2v) is 6.26. The number of hydrogen-bond donors (Lipinski definition) is 2. The van der Waals surface area contributed by atoms with Crippen molar-refractivity contribution in [3.8, 4) is 0 Å². The molecule has 0 bridgehead atoms. The van der Waals surface area contributed by atoms with Gasteiger partial charge in [-0.3, -0.25) is 9.79 Å². The standard InChI is InChI=1S/C19H25FN4O3/c1-4-7-15(20)23-17-12(3)10-24(18(25)14-8-6-9-22-14)11-13(17)16(21)19(26)27-5-2/h4,6,8-9,12,15,22H,1,5,7,10-11,21H2,2-3H3. The number of esters is 1. The highest BCUT2D eigenvalue weighted by molar-refractivity contribution is 6.09. The molecule has 27 heavy (non-hydrogen) atoms. The van der Waals surface area contributed by atoms with Gasteiger partial charge in [-0.05, 0) is 19.1 Å². The molecular formula is C19H25FN4O3. The Balaban J connectivity index is 2.41. The lowest BCUT2D eigenvalue weighted by molar-refractivity contribution is -0.138. The van der Waals surface area contributed by atoms with Crippen LogP contribution in [-0.4, -0.2) is 53.5 Å². The van der Waals surface area contributed by atoms with Crippen LogP contribution in [0.25, 0.3) is 0 Å². The molecule has 7 nitrogen and oxygen atoms in total. The minimum Gasteiger partial charge on any atom is -0.461 e. The van der Waals surface area contributed by atoms with Gasteiger partial charge < -0.3 is 20.4 Å². The molecule has 3 N–H and O–H groups in total. The molecular weight excluding hydrogens is 351 g/mol. The summed E-state index contributed by atoms with van der Waals surface area (Å²) in [4.78, 5) is 33.3. The number of rotatable bonds is 6. The summed E-state index contributed by atoms with van der Waals surface area (Å²) in [5, 5.41) is 0. The van der Waals surface area contributed by atoms with Crippen LogP contribution in [0.4, 0.5) is 4.39 Å². The van der Waals surface area contributed by atoms with Gasteiger partial charge in [0.1, 0.15) is 11.4 Å². The zero-order valence-corrected chi connectivity index (χ0v) is 15.6. The van der Waals surface area contributed by atoms with Crippen molar-refractivity contribution in [3.05, 3.63) is 47.9 Å². The molecule has 1 fully saturated rings. The molecule has 1 aliphatic rings. The van der Waals surface area contributed by atoms with Gasteiger partial charge in [-0.2, -0.15) is 0 Å². The normalized spacial score (nSPS) is 21.7. The molecule has 0 aromatic carbocycles. The largest absolute Gasteiger partial charge is 0.461 e. The number of aliphatic imine (C=N–C) groups is 1. The highest BCUT2D eigenvalue weighted by Gasteiger charge is 2.33. The number of carbonyl (C=O) groups is 2. The molecule has 1 amide bonds. The summed E-state index contributed by atoms with van der Waals surface area (Å²) >= 11 is 0. The number of likely N-dealkylation sites (tertiary alicyclic amines) is 1. The summed E-state index contributed by atoms with van der Waals surface area (Å²) in [5.41, 5.74) is 6.96. The SMILES string of the molecule is C=CCC(F)N=C1C(=C(N)C(=O)OCC)CN(C(=O)c2ccc[nH]2)CC1C. The Kier molecular flexibility index (Phi) is 6.92. The smallest absolute Gasteiger partial charge is 0.354 e. The number of hydrogen-bond acceptors (Lipinski definition) is 5. The molecule has 1 aliphatic heterocycles. The predicted molar refractivity (Wildman–Crippen MR) is 101 cm³/mol. The molecule has 2 heterocycles. The van der Waals surface area contributed by atoms with Crippen molar-refractivity contribution in [1.29, 1.82) is 0 Å². The van der Waals surface area contributed by atoms with Gasteiger partial charge in [-0.25, -0.2) is 9.18 Å². The Bertz CT molecular complexity index is 755. The Morgan fingerprint density at radius 1 is 1.59 bits per heavy atom. The van der Waals surface area contributed by atoms with Crippen LogP contribution in [-0.2, 0) is 9.53 Å². The first-order chi connectivity index (χ1) is 12.9. The van der Waals surface area contributed by atoms with Gasteiger partial charge in [0.25, 0.3) is 5.91 Å². The van der Waals surface area contributed by atoms with Crippen LogP contribution in [0.2, 0.25) is 0 Å². The molecule has 8 heteroatoms. The highest BCUT2D eigenvalue weighted by atomic mass is 19.1. The van der Waals surface area contributed by atoms with Crippen molar-refractivity contribution in [1.82, 2.24) is 9.88 Å². The second-order valence-electron chi connectivity index (χ2n) is 6.26. The number of ether oxygens (including phenoxy) is 1. The van der Waals surface area contributed by atoms with E-state index < -0.39 is 12.3 Å². The van der Waals surface area contributed by atoms with Gasteiger partial charge in [-0.15, -0.1) is 6.58 Å². The number of H-pyrrole nitrogens is 1. The van der Waals surface area contributed by atoms with Crippen molar-refractivity contribution in [2.24, 2.45) is 16.6 Å². The third kappa shape index (κ3) is 4.84. The number of amides is 1. The first-order valence-corrected chi connectivity index (χ1v) is 8.80. The third-order valence-corrected chi connectivity index (χ3v) is 4.20. The molecule has 1 aromatic rings. The summed E-state index contributed by atoms with van der Waals surface area (Å²) in [5.74, 6) is -1.24. The van der Waals surface area contributed by atoms with E-state index in [9.17, 15) is 14.0 Å². The van der Waals surface area contributed by atoms with Crippen molar-refractivity contribution >= 4 is 17.6 Å². The quantitative estimate of drug-likeness (QED) is 0.344. The van der Waals surface area contributed by atoms with Gasteiger partial charge in [0, 0.05) is 30.7 Å². The summed E-state index contributed by atoms with van der Waals surface area (Å²) in [6.45, 7) is 7.52. The monoisotopic (exact) mass is 376 g/mol. The third-order valence-electron chi connectivity index (χ3n) is 4.20. The maximum atomic E-state index is 14.1. The van der Waals surface area contributed by atoms with E-state index in [-0.39, 0.29) is 37.1 Å². The molecule has 2 unspecified atom stereocenters. The average Bonchev–Trinajstić information content (AvgIpc) is 3.17. The molecule has 146 valence electrons. The zero-order valence-electron chi connectivity index (χ0n) is 15.6. The van der Waals surface area contributed by atoms with Gasteiger partial charge >= 0.3 is 5.97 Å². The van der Waals surface area contributed by atoms with E-state index >= 15 is 0 Å². The maximum absolute atomic E-state index is 14.1. The predicted octanol–water partition coefficient (Wildman–Crippen LogP) is 2.20. The number of nitrogens with zero attached hydrogens (tertiary/aromatic N) is 2. The number of carbonyl (C=O) groups excluding carboxylic acids is 2. The number of aromatic amines is 1. The fourth-order valence-electron chi connectivity index (χ4n) is 2.94. The molecule has 0 spiro atoms. The number of aromatic nitrogens is 1. The lowest BCUT2D eigenvalue weighted by Gasteiger charge is -2.34. The van der Waals surface area contributed by atoms with E-state index in [4.69, 9.17) is 10.5 Å². The van der Waals surface area contributed by atoms with Crippen LogP contribution >= 0.6 is 0 Å². The van der Waals surface area contributed by atoms with Crippen LogP contribution in [0.5, 0.6) is 0 Å². The summed E-state index contributed by atoms with van der Waals surface area (Å²) < 4.78 is 19.1. The first-order valence-electron chi connectivity index (χ1n) is 8.80. The van der Waals surface area contributed by atoms with E-state index in [1.165, 1.54) is 6.08 Å². The van der Waals surface area contributed by atoms with E-state index in [0.29, 0.717) is 23.5 Å². The fraction of sp³-hybridized carbons (Fsp3) is 0.421. The number of piperidine rings is 1. The molecule has 0 radical (unpaired) electrons. The van der Waals surface area contributed by atoms with Crippen LogP contribution in [0, 0.1) is 5.92 Å². The van der Waals surface area contributed by atoms with Crippen molar-refractivity contribution in [2.75, 3.05) is 19.7 Å². The molecule has 1 aromatic heterocycles. The van der Waals surface area contributed by atoms with E-state index in [1.807, 2.05) is 6.92 Å². The lowest BCUT2D eigenvalue weighted by Crippen LogP contribution is -2.46. The maximum Gasteiger partial charge on any atom is 0.354 e. The number of nitrogens with two attached hydrogens (primary N) is 1. The van der Waals surface area contributed by atoms with Crippen molar-refractivity contribution in [2.45, 2.75) is 26.6 Å². The molecule has 1 saturated heterocycles. The van der Waals surface area contributed by atoms with Crippen molar-refractivity contribution in [3.63, 3.8) is 0 Å². The van der Waals surface area contributed by atoms with E-state index in [1.54, 1.807) is 30.2 Å². The Hall–Kier alpha value is -2.90. The van der Waals surface area contributed by atoms with Crippen LogP contribution in [0.15, 0.2) is 47.2 Å². The van der Waals surface area contributed by atoms with Gasteiger partial charge in [-0.1, -0.05) is 13.0 Å². The molecule has 0 saturated carbocycles. The minimum absolute atomic E-state index is 0.0481. The number of halogens is 1. The fourth-order valence-corrected chi connectivity index (χ4v) is 2.94. The van der Waals surface area contributed by atoms with Crippen LogP contribution < -0.4 is 5.73 Å². The van der Waals surface area contributed by atoms with E-state index in [0.717, 1.165) is 0 Å². The summed E-state index contributed by atoms with van der Waals surface area (Å²) in [7, 11) is 0. The molecule has 2 rings (SSSR count).